The van der Waals surface area contributed by atoms with Gasteiger partial charge in [-0.3, -0.25) is 4.79 Å². The molecule has 0 saturated carbocycles. The molecule has 3 aromatic carbocycles. The summed E-state index contributed by atoms with van der Waals surface area (Å²) in [7, 11) is 0. The number of ether oxygens (including phenoxy) is 1. The lowest BCUT2D eigenvalue weighted by atomic mass is 9.86. The Morgan fingerprint density at radius 1 is 0.886 bits per heavy atom. The third kappa shape index (κ3) is 6.40. The number of aromatic nitrogens is 1. The highest BCUT2D eigenvalue weighted by molar-refractivity contribution is 6.30. The molecule has 0 bridgehead atoms. The van der Waals surface area contributed by atoms with Crippen molar-refractivity contribution < 1.29 is 14.6 Å². The number of carboxylic acids is 1. The van der Waals surface area contributed by atoms with Crippen LogP contribution >= 0.6 is 11.6 Å². The van der Waals surface area contributed by atoms with E-state index in [1.807, 2.05) is 60.8 Å². The van der Waals surface area contributed by atoms with Gasteiger partial charge in [0.05, 0.1) is 0 Å². The summed E-state index contributed by atoms with van der Waals surface area (Å²) in [6.07, 6.45) is 3.33. The zero-order valence-corrected chi connectivity index (χ0v) is 19.9. The normalized spacial score (nSPS) is 10.9. The van der Waals surface area contributed by atoms with E-state index >= 15 is 0 Å². The number of carbonyl (C=O) groups is 1. The van der Waals surface area contributed by atoms with Crippen LogP contribution in [0.2, 0.25) is 5.02 Å². The van der Waals surface area contributed by atoms with E-state index < -0.39 is 5.97 Å². The van der Waals surface area contributed by atoms with Crippen LogP contribution in [0.15, 0.2) is 102 Å². The van der Waals surface area contributed by atoms with Crippen LogP contribution in [0.25, 0.3) is 0 Å². The van der Waals surface area contributed by atoms with Crippen molar-refractivity contribution in [2.45, 2.75) is 25.3 Å². The van der Waals surface area contributed by atoms with Crippen LogP contribution in [0.1, 0.15) is 34.6 Å². The van der Waals surface area contributed by atoms with Gasteiger partial charge in [0.1, 0.15) is 10.8 Å². The molecule has 0 aliphatic rings. The van der Waals surface area contributed by atoms with Crippen LogP contribution in [0.3, 0.4) is 0 Å². The summed E-state index contributed by atoms with van der Waals surface area (Å²) in [5.74, 6) is -0.554. The van der Waals surface area contributed by atoms with Gasteiger partial charge in [-0.15, -0.1) is 0 Å². The average molecular weight is 488 g/mol. The second-order valence-corrected chi connectivity index (χ2v) is 8.71. The fraction of sp³-hybridized carbons (Fsp3) is 0.172. The number of hydrogen-bond acceptors (Lipinski definition) is 3. The summed E-state index contributed by atoms with van der Waals surface area (Å²) < 4.78 is 6.94. The second kappa shape index (κ2) is 11.5. The molecular formula is C29H26ClNO4. The lowest BCUT2D eigenvalue weighted by molar-refractivity contribution is -0.139. The van der Waals surface area contributed by atoms with Crippen molar-refractivity contribution >= 4 is 17.6 Å². The number of benzene rings is 3. The first-order chi connectivity index (χ1) is 17.0. The molecule has 5 nitrogen and oxygen atoms in total. The molecule has 0 unspecified atom stereocenters. The smallest absolute Gasteiger partial charge is 0.341 e. The van der Waals surface area contributed by atoms with Crippen LogP contribution in [0.5, 0.6) is 5.75 Å². The van der Waals surface area contributed by atoms with E-state index in [4.69, 9.17) is 21.4 Å². The molecular weight excluding hydrogens is 462 g/mol. The zero-order chi connectivity index (χ0) is 24.6. The molecule has 0 radical (unpaired) electrons. The van der Waals surface area contributed by atoms with Crippen LogP contribution < -0.4 is 10.3 Å². The van der Waals surface area contributed by atoms with Crippen LogP contribution in [0, 0.1) is 0 Å². The lowest BCUT2D eigenvalue weighted by Crippen LogP contribution is -2.22. The Balaban J connectivity index is 1.56. The fourth-order valence-corrected chi connectivity index (χ4v) is 4.44. The third-order valence-corrected chi connectivity index (χ3v) is 6.06. The molecule has 0 fully saturated rings. The van der Waals surface area contributed by atoms with Crippen LogP contribution in [-0.2, 0) is 17.8 Å². The van der Waals surface area contributed by atoms with Gasteiger partial charge >= 0.3 is 5.97 Å². The predicted molar refractivity (Wildman–Crippen MR) is 137 cm³/mol. The number of nitrogens with zero attached hydrogens (tertiary/aromatic N) is 1. The van der Waals surface area contributed by atoms with E-state index in [1.54, 1.807) is 16.7 Å². The molecule has 178 valence electrons. The van der Waals surface area contributed by atoms with Gasteiger partial charge in [-0.25, -0.2) is 4.79 Å². The summed E-state index contributed by atoms with van der Waals surface area (Å²) >= 11 is 6.42. The molecule has 1 N–H and O–H groups in total. The Morgan fingerprint density at radius 3 is 2.17 bits per heavy atom. The summed E-state index contributed by atoms with van der Waals surface area (Å²) in [5.41, 5.74) is 4.00. The molecule has 0 atom stereocenters. The topological polar surface area (TPSA) is 68.5 Å². The minimum Gasteiger partial charge on any atom is -0.482 e. The maximum Gasteiger partial charge on any atom is 0.341 e. The van der Waals surface area contributed by atoms with Gasteiger partial charge in [0, 0.05) is 18.7 Å². The van der Waals surface area contributed by atoms with Crippen LogP contribution in [-0.4, -0.2) is 22.2 Å². The van der Waals surface area contributed by atoms with Gasteiger partial charge in [-0.1, -0.05) is 84.4 Å². The first-order valence-corrected chi connectivity index (χ1v) is 11.8. The highest BCUT2D eigenvalue weighted by Gasteiger charge is 2.19. The van der Waals surface area contributed by atoms with Crippen molar-refractivity contribution in [1.29, 1.82) is 0 Å². The van der Waals surface area contributed by atoms with E-state index in [2.05, 4.69) is 24.3 Å². The van der Waals surface area contributed by atoms with Crippen molar-refractivity contribution in [2.24, 2.45) is 0 Å². The number of halogens is 1. The molecule has 4 aromatic rings. The molecule has 1 aromatic heterocycles. The molecule has 0 aliphatic heterocycles. The van der Waals surface area contributed by atoms with Crippen molar-refractivity contribution in [3.8, 4) is 5.75 Å². The van der Waals surface area contributed by atoms with Crippen molar-refractivity contribution in [2.75, 3.05) is 6.61 Å². The van der Waals surface area contributed by atoms with Gasteiger partial charge < -0.3 is 14.4 Å². The summed E-state index contributed by atoms with van der Waals surface area (Å²) in [5, 5.41) is 9.00. The van der Waals surface area contributed by atoms with Gasteiger partial charge in [0.2, 0.25) is 0 Å². The number of rotatable bonds is 10. The highest BCUT2D eigenvalue weighted by Crippen LogP contribution is 2.32. The Bertz CT molecular complexity index is 1300. The van der Waals surface area contributed by atoms with E-state index in [9.17, 15) is 9.59 Å². The summed E-state index contributed by atoms with van der Waals surface area (Å²) in [6, 6.07) is 29.5. The summed E-state index contributed by atoms with van der Waals surface area (Å²) in [4.78, 5) is 23.6. The summed E-state index contributed by atoms with van der Waals surface area (Å²) in [6.45, 7) is 0.122. The lowest BCUT2D eigenvalue weighted by Gasteiger charge is -2.20. The van der Waals surface area contributed by atoms with Crippen molar-refractivity contribution in [3.63, 3.8) is 0 Å². The minimum absolute atomic E-state index is 0.0511. The Hall–Kier alpha value is -3.83. The number of pyridine rings is 1. The standard InChI is InChI=1S/C29H26ClNO4/c30-26-18-24(28(22-11-3-1-4-12-22)23-13-5-2-6-14-23)19-31(29(26)34)16-8-10-21-9-7-15-25(17-21)35-20-27(32)33/h1-7,9,11-15,17-19,28H,8,10,16,20H2,(H,32,33). The predicted octanol–water partition coefficient (Wildman–Crippen LogP) is 5.78. The van der Waals surface area contributed by atoms with Crippen LogP contribution in [0.4, 0.5) is 0 Å². The zero-order valence-electron chi connectivity index (χ0n) is 19.1. The largest absolute Gasteiger partial charge is 0.482 e. The molecule has 0 spiro atoms. The molecule has 4 rings (SSSR count). The number of hydrogen-bond donors (Lipinski definition) is 1. The van der Waals surface area contributed by atoms with E-state index in [0.717, 1.165) is 22.3 Å². The monoisotopic (exact) mass is 487 g/mol. The first kappa shape index (κ1) is 24.3. The highest BCUT2D eigenvalue weighted by atomic mass is 35.5. The maximum atomic E-state index is 12.8. The molecule has 35 heavy (non-hydrogen) atoms. The Labute approximate surface area is 209 Å². The van der Waals surface area contributed by atoms with Gasteiger partial charge in [0.15, 0.2) is 6.61 Å². The number of aryl methyl sites for hydroxylation is 2. The second-order valence-electron chi connectivity index (χ2n) is 8.31. The Kier molecular flexibility index (Phi) is 8.01. The van der Waals surface area contributed by atoms with Crippen molar-refractivity contribution in [1.82, 2.24) is 4.57 Å². The maximum absolute atomic E-state index is 12.8. The van der Waals surface area contributed by atoms with E-state index in [-0.39, 0.29) is 23.1 Å². The number of aliphatic carboxylic acids is 1. The molecule has 6 heteroatoms. The van der Waals surface area contributed by atoms with Gasteiger partial charge in [-0.05, 0) is 53.3 Å². The third-order valence-electron chi connectivity index (χ3n) is 5.79. The molecule has 1 heterocycles. The first-order valence-electron chi connectivity index (χ1n) is 11.4. The SMILES string of the molecule is O=C(O)COc1cccc(CCCn2cc(C(c3ccccc3)c3ccccc3)cc(Cl)c2=O)c1. The molecule has 0 amide bonds. The minimum atomic E-state index is -1.02. The Morgan fingerprint density at radius 2 is 1.54 bits per heavy atom. The van der Waals surface area contributed by atoms with Gasteiger partial charge in [-0.2, -0.15) is 0 Å². The molecule has 0 aliphatic carbocycles. The van der Waals surface area contributed by atoms with Crippen molar-refractivity contribution in [3.05, 3.63) is 135 Å². The van der Waals surface area contributed by atoms with Gasteiger partial charge in [0.25, 0.3) is 5.56 Å². The van der Waals surface area contributed by atoms with E-state index in [1.165, 1.54) is 0 Å². The number of carboxylic acid groups (broad SMARTS) is 1. The van der Waals surface area contributed by atoms with E-state index in [0.29, 0.717) is 25.1 Å². The quantitative estimate of drug-likeness (QED) is 0.308. The molecule has 0 saturated heterocycles. The average Bonchev–Trinajstić information content (AvgIpc) is 2.87. The fourth-order valence-electron chi connectivity index (χ4n) is 4.20.